The SMILES string of the molecule is CN(C)CN1C(=O)SC(=Cc2ccc3c(c2)OCO3)C1=O. The van der Waals surface area contributed by atoms with E-state index in [2.05, 4.69) is 0 Å². The van der Waals surface area contributed by atoms with Crippen LogP contribution in [0.15, 0.2) is 23.1 Å². The minimum Gasteiger partial charge on any atom is -0.454 e. The molecule has 0 aromatic heterocycles. The average Bonchev–Trinajstić information content (AvgIpc) is 2.98. The lowest BCUT2D eigenvalue weighted by atomic mass is 10.2. The first kappa shape index (κ1) is 14.0. The molecule has 2 aliphatic heterocycles. The van der Waals surface area contributed by atoms with Crippen molar-refractivity contribution in [2.75, 3.05) is 27.6 Å². The Morgan fingerprint density at radius 1 is 1.29 bits per heavy atom. The number of hydrogen-bond acceptors (Lipinski definition) is 6. The molecule has 110 valence electrons. The van der Waals surface area contributed by atoms with Gasteiger partial charge in [-0.3, -0.25) is 19.4 Å². The topological polar surface area (TPSA) is 59.1 Å². The van der Waals surface area contributed by atoms with Crippen LogP contribution in [0.4, 0.5) is 4.79 Å². The number of amides is 2. The lowest BCUT2D eigenvalue weighted by Crippen LogP contribution is -2.36. The highest BCUT2D eigenvalue weighted by Crippen LogP contribution is 2.36. The van der Waals surface area contributed by atoms with Crippen LogP contribution in [0.1, 0.15) is 5.56 Å². The van der Waals surface area contributed by atoms with Gasteiger partial charge in [-0.25, -0.2) is 0 Å². The predicted molar refractivity (Wildman–Crippen MR) is 78.9 cm³/mol. The minimum atomic E-state index is -0.267. The average molecular weight is 306 g/mol. The van der Waals surface area contributed by atoms with E-state index < -0.39 is 0 Å². The molecular formula is C14H14N2O4S. The summed E-state index contributed by atoms with van der Waals surface area (Å²) in [7, 11) is 3.62. The van der Waals surface area contributed by atoms with Crippen molar-refractivity contribution in [1.82, 2.24) is 9.80 Å². The second-order valence-corrected chi connectivity index (χ2v) is 5.94. The van der Waals surface area contributed by atoms with E-state index in [1.165, 1.54) is 4.90 Å². The van der Waals surface area contributed by atoms with E-state index in [1.807, 2.05) is 20.2 Å². The zero-order valence-electron chi connectivity index (χ0n) is 11.7. The number of benzene rings is 1. The fourth-order valence-electron chi connectivity index (χ4n) is 2.06. The van der Waals surface area contributed by atoms with Crippen molar-refractivity contribution < 1.29 is 19.1 Å². The van der Waals surface area contributed by atoms with Gasteiger partial charge < -0.3 is 9.47 Å². The van der Waals surface area contributed by atoms with Crippen LogP contribution in [0, 0.1) is 0 Å². The molecule has 7 heteroatoms. The van der Waals surface area contributed by atoms with Gasteiger partial charge in [0.15, 0.2) is 11.5 Å². The van der Waals surface area contributed by atoms with Crippen LogP contribution in [0.25, 0.3) is 6.08 Å². The van der Waals surface area contributed by atoms with Gasteiger partial charge in [0.1, 0.15) is 0 Å². The molecule has 6 nitrogen and oxygen atoms in total. The summed E-state index contributed by atoms with van der Waals surface area (Å²) in [6, 6.07) is 5.41. The van der Waals surface area contributed by atoms with E-state index in [0.717, 1.165) is 17.3 Å². The van der Waals surface area contributed by atoms with E-state index in [1.54, 1.807) is 23.1 Å². The van der Waals surface area contributed by atoms with E-state index in [9.17, 15) is 9.59 Å². The highest BCUT2D eigenvalue weighted by atomic mass is 32.2. The Bertz CT molecular complexity index is 642. The molecule has 0 atom stereocenters. The number of nitrogens with zero attached hydrogens (tertiary/aromatic N) is 2. The first-order valence-corrected chi connectivity index (χ1v) is 7.16. The molecular weight excluding hydrogens is 292 g/mol. The van der Waals surface area contributed by atoms with Gasteiger partial charge in [0.25, 0.3) is 11.1 Å². The maximum Gasteiger partial charge on any atom is 0.294 e. The van der Waals surface area contributed by atoms with E-state index >= 15 is 0 Å². The zero-order chi connectivity index (χ0) is 15.0. The largest absolute Gasteiger partial charge is 0.454 e. The van der Waals surface area contributed by atoms with Crippen molar-refractivity contribution in [3.05, 3.63) is 28.7 Å². The Kier molecular flexibility index (Phi) is 3.60. The fourth-order valence-corrected chi connectivity index (χ4v) is 2.89. The van der Waals surface area contributed by atoms with E-state index in [-0.39, 0.29) is 24.6 Å². The molecule has 1 aromatic carbocycles. The van der Waals surface area contributed by atoms with Crippen LogP contribution < -0.4 is 9.47 Å². The summed E-state index contributed by atoms with van der Waals surface area (Å²) in [6.07, 6.45) is 1.70. The Morgan fingerprint density at radius 2 is 2.05 bits per heavy atom. The highest BCUT2D eigenvalue weighted by Gasteiger charge is 2.35. The minimum absolute atomic E-state index is 0.206. The van der Waals surface area contributed by atoms with Crippen molar-refractivity contribution in [1.29, 1.82) is 0 Å². The smallest absolute Gasteiger partial charge is 0.294 e. The summed E-state index contributed by atoms with van der Waals surface area (Å²) in [4.78, 5) is 27.5. The molecule has 0 N–H and O–H groups in total. The summed E-state index contributed by atoms with van der Waals surface area (Å²) >= 11 is 0.952. The quantitative estimate of drug-likeness (QED) is 0.796. The predicted octanol–water partition coefficient (Wildman–Crippen LogP) is 1.97. The van der Waals surface area contributed by atoms with Gasteiger partial charge in [0.05, 0.1) is 11.6 Å². The fraction of sp³-hybridized carbons (Fsp3) is 0.286. The van der Waals surface area contributed by atoms with Gasteiger partial charge in [-0.1, -0.05) is 6.07 Å². The molecule has 1 fully saturated rings. The summed E-state index contributed by atoms with van der Waals surface area (Å²) in [6.45, 7) is 0.487. The third kappa shape index (κ3) is 2.74. The number of imide groups is 1. The third-order valence-corrected chi connectivity index (χ3v) is 3.90. The standard InChI is InChI=1S/C14H14N2O4S/c1-15(2)7-16-13(17)12(21-14(16)18)6-9-3-4-10-11(5-9)20-8-19-10/h3-6H,7-8H2,1-2H3. The molecule has 0 spiro atoms. The number of carbonyl (C=O) groups is 2. The van der Waals surface area contributed by atoms with Crippen molar-refractivity contribution in [2.24, 2.45) is 0 Å². The highest BCUT2D eigenvalue weighted by molar-refractivity contribution is 8.18. The lowest BCUT2D eigenvalue weighted by Gasteiger charge is -2.17. The van der Waals surface area contributed by atoms with Gasteiger partial charge >= 0.3 is 0 Å². The van der Waals surface area contributed by atoms with Crippen LogP contribution >= 0.6 is 11.8 Å². The zero-order valence-corrected chi connectivity index (χ0v) is 12.5. The summed E-state index contributed by atoms with van der Waals surface area (Å²) in [5.41, 5.74) is 0.801. The molecule has 2 heterocycles. The van der Waals surface area contributed by atoms with Crippen LogP contribution in [0.2, 0.25) is 0 Å². The van der Waals surface area contributed by atoms with Gasteiger partial charge in [-0.2, -0.15) is 0 Å². The molecule has 0 unspecified atom stereocenters. The molecule has 2 amide bonds. The van der Waals surface area contributed by atoms with Crippen LogP contribution in [0.5, 0.6) is 11.5 Å². The number of carbonyl (C=O) groups excluding carboxylic acids is 2. The van der Waals surface area contributed by atoms with Crippen LogP contribution in [-0.4, -0.2) is 48.5 Å². The van der Waals surface area contributed by atoms with Crippen LogP contribution in [0.3, 0.4) is 0 Å². The number of thioether (sulfide) groups is 1. The summed E-state index contributed by atoms with van der Waals surface area (Å²) in [5, 5.41) is -0.249. The maximum atomic E-state index is 12.2. The molecule has 21 heavy (non-hydrogen) atoms. The van der Waals surface area contributed by atoms with Crippen molar-refractivity contribution in [3.8, 4) is 11.5 Å². The van der Waals surface area contributed by atoms with Crippen molar-refractivity contribution in [2.45, 2.75) is 0 Å². The second-order valence-electron chi connectivity index (χ2n) is 4.94. The molecule has 0 saturated carbocycles. The van der Waals surface area contributed by atoms with Gasteiger partial charge in [0, 0.05) is 0 Å². The van der Waals surface area contributed by atoms with Crippen LogP contribution in [-0.2, 0) is 4.79 Å². The van der Waals surface area contributed by atoms with Gasteiger partial charge in [-0.15, -0.1) is 0 Å². The first-order valence-electron chi connectivity index (χ1n) is 6.34. The van der Waals surface area contributed by atoms with E-state index in [0.29, 0.717) is 16.4 Å². The van der Waals surface area contributed by atoms with E-state index in [4.69, 9.17) is 9.47 Å². The Labute approximate surface area is 126 Å². The normalized spacial score (nSPS) is 19.2. The van der Waals surface area contributed by atoms with Gasteiger partial charge in [0.2, 0.25) is 6.79 Å². The Balaban J connectivity index is 1.84. The molecule has 2 aliphatic rings. The Hall–Kier alpha value is -1.99. The monoisotopic (exact) mass is 306 g/mol. The maximum absolute atomic E-state index is 12.2. The number of ether oxygens (including phenoxy) is 2. The number of hydrogen-bond donors (Lipinski definition) is 0. The molecule has 0 bridgehead atoms. The van der Waals surface area contributed by atoms with Crippen molar-refractivity contribution in [3.63, 3.8) is 0 Å². The molecule has 1 saturated heterocycles. The molecule has 3 rings (SSSR count). The molecule has 0 radical (unpaired) electrons. The first-order chi connectivity index (χ1) is 10.0. The Morgan fingerprint density at radius 3 is 2.81 bits per heavy atom. The molecule has 0 aliphatic carbocycles. The number of fused-ring (bicyclic) bond motifs is 1. The third-order valence-electron chi connectivity index (χ3n) is 2.99. The molecule has 1 aromatic rings. The second kappa shape index (κ2) is 5.42. The summed E-state index contributed by atoms with van der Waals surface area (Å²) < 4.78 is 10.5. The van der Waals surface area contributed by atoms with Gasteiger partial charge in [-0.05, 0) is 49.6 Å². The van der Waals surface area contributed by atoms with Crippen molar-refractivity contribution >= 4 is 29.0 Å². The summed E-state index contributed by atoms with van der Waals surface area (Å²) in [5.74, 6) is 1.07. The lowest BCUT2D eigenvalue weighted by molar-refractivity contribution is -0.123. The number of rotatable bonds is 3.